The van der Waals surface area contributed by atoms with Crippen molar-refractivity contribution in [2.24, 2.45) is 5.92 Å². The molecule has 0 aliphatic carbocycles. The van der Waals surface area contributed by atoms with Gasteiger partial charge in [-0.2, -0.15) is 0 Å². The molecule has 30 heavy (non-hydrogen) atoms. The maximum absolute atomic E-state index is 11.5. The van der Waals surface area contributed by atoms with E-state index >= 15 is 0 Å². The van der Waals surface area contributed by atoms with E-state index in [0.717, 1.165) is 50.7 Å². The first-order valence-electron chi connectivity index (χ1n) is 10.2. The van der Waals surface area contributed by atoms with Gasteiger partial charge in [0.05, 0.1) is 23.7 Å². The van der Waals surface area contributed by atoms with E-state index in [9.17, 15) is 4.79 Å². The number of anilines is 1. The second-order valence-electron chi connectivity index (χ2n) is 7.58. The Kier molecular flexibility index (Phi) is 7.18. The number of hydrogen-bond donors (Lipinski definition) is 0. The average Bonchev–Trinajstić information content (AvgIpc) is 3.17. The highest BCUT2D eigenvalue weighted by atomic mass is 35.5. The van der Waals surface area contributed by atoms with Crippen LogP contribution in [0.15, 0.2) is 47.4 Å². The molecule has 1 fully saturated rings. The minimum atomic E-state index is -0.194. The number of halogens is 1. The Morgan fingerprint density at radius 2 is 2.10 bits per heavy atom. The lowest BCUT2D eigenvalue weighted by Gasteiger charge is -2.31. The molecule has 1 aliphatic heterocycles. The summed E-state index contributed by atoms with van der Waals surface area (Å²) in [5.41, 5.74) is 2.05. The molecule has 0 saturated carbocycles. The largest absolute Gasteiger partial charge is 0.469 e. The van der Waals surface area contributed by atoms with Gasteiger partial charge in [-0.15, -0.1) is 11.8 Å². The molecule has 7 heteroatoms. The van der Waals surface area contributed by atoms with E-state index in [1.165, 1.54) is 31.3 Å². The zero-order chi connectivity index (χ0) is 20.9. The molecule has 0 radical (unpaired) electrons. The topological polar surface area (TPSA) is 42.4 Å². The second kappa shape index (κ2) is 10.0. The number of thioether (sulfide) groups is 1. The summed E-state index contributed by atoms with van der Waals surface area (Å²) in [6.45, 7) is 2.13. The maximum atomic E-state index is 11.5. The van der Waals surface area contributed by atoms with Crippen molar-refractivity contribution >= 4 is 56.0 Å². The lowest BCUT2D eigenvalue weighted by atomic mass is 9.95. The lowest BCUT2D eigenvalue weighted by molar-refractivity contribution is -0.139. The molecule has 2 aromatic carbocycles. The monoisotopic (exact) mass is 460 g/mol. The predicted octanol–water partition coefficient (Wildman–Crippen LogP) is 6.06. The molecule has 1 saturated heterocycles. The minimum Gasteiger partial charge on any atom is -0.469 e. The number of piperidine rings is 1. The van der Waals surface area contributed by atoms with Gasteiger partial charge >= 0.3 is 5.97 Å². The van der Waals surface area contributed by atoms with Crippen molar-refractivity contribution < 1.29 is 9.53 Å². The van der Waals surface area contributed by atoms with E-state index < -0.39 is 0 Å². The Morgan fingerprint density at radius 1 is 1.27 bits per heavy atom. The molecule has 2 heterocycles. The van der Waals surface area contributed by atoms with Crippen LogP contribution in [0.4, 0.5) is 5.13 Å². The number of ether oxygens (including phenoxy) is 1. The number of carbonyl (C=O) groups is 1. The normalized spacial score (nSPS) is 14.9. The first kappa shape index (κ1) is 21.5. The van der Waals surface area contributed by atoms with Crippen molar-refractivity contribution in [1.29, 1.82) is 0 Å². The highest BCUT2D eigenvalue weighted by molar-refractivity contribution is 7.99. The van der Waals surface area contributed by atoms with Gasteiger partial charge in [0, 0.05) is 23.0 Å². The van der Waals surface area contributed by atoms with Crippen LogP contribution in [0.1, 0.15) is 24.8 Å². The lowest BCUT2D eigenvalue weighted by Crippen LogP contribution is -2.33. The van der Waals surface area contributed by atoms with Crippen molar-refractivity contribution in [3.05, 3.63) is 53.1 Å². The third-order valence-corrected chi connectivity index (χ3v) is 7.83. The van der Waals surface area contributed by atoms with Crippen molar-refractivity contribution in [2.75, 3.05) is 30.9 Å². The zero-order valence-corrected chi connectivity index (χ0v) is 19.4. The van der Waals surface area contributed by atoms with Crippen LogP contribution in [0.5, 0.6) is 0 Å². The maximum Gasteiger partial charge on any atom is 0.309 e. The Labute approximate surface area is 190 Å². The van der Waals surface area contributed by atoms with Crippen LogP contribution in [0, 0.1) is 5.92 Å². The van der Waals surface area contributed by atoms with Crippen LogP contribution in [0.3, 0.4) is 0 Å². The Balaban J connectivity index is 1.24. The Morgan fingerprint density at radius 3 is 2.90 bits per heavy atom. The van der Waals surface area contributed by atoms with Crippen LogP contribution in [-0.4, -0.2) is 36.9 Å². The number of nitrogens with zero attached hydrogens (tertiary/aromatic N) is 2. The van der Waals surface area contributed by atoms with Gasteiger partial charge in [0.1, 0.15) is 0 Å². The molecule has 1 aliphatic rings. The fourth-order valence-electron chi connectivity index (χ4n) is 3.76. The van der Waals surface area contributed by atoms with Gasteiger partial charge in [0.15, 0.2) is 5.13 Å². The third kappa shape index (κ3) is 5.48. The first-order chi connectivity index (χ1) is 14.6. The molecule has 4 rings (SSSR count). The zero-order valence-electron chi connectivity index (χ0n) is 17.0. The van der Waals surface area contributed by atoms with Gasteiger partial charge in [-0.1, -0.05) is 35.1 Å². The second-order valence-corrected chi connectivity index (χ2v) is 10.2. The third-order valence-electron chi connectivity index (χ3n) is 5.49. The van der Waals surface area contributed by atoms with Crippen molar-refractivity contribution in [2.45, 2.75) is 30.6 Å². The van der Waals surface area contributed by atoms with Gasteiger partial charge in [0.2, 0.25) is 0 Å². The number of rotatable bonds is 7. The van der Waals surface area contributed by atoms with Crippen LogP contribution in [0.2, 0.25) is 5.02 Å². The average molecular weight is 461 g/mol. The molecule has 0 bridgehead atoms. The van der Waals surface area contributed by atoms with E-state index in [-0.39, 0.29) is 5.97 Å². The Bertz CT molecular complexity index is 1020. The number of esters is 1. The van der Waals surface area contributed by atoms with E-state index in [2.05, 4.69) is 17.0 Å². The van der Waals surface area contributed by atoms with Gasteiger partial charge < -0.3 is 9.64 Å². The SMILES string of the molecule is COC(=O)Cc1cccc(SCCC2CCN(c3nc4ccc(Cl)cc4s3)CC2)c1. The number of fused-ring (bicyclic) bond motifs is 1. The molecule has 1 aromatic heterocycles. The summed E-state index contributed by atoms with van der Waals surface area (Å²) in [6, 6.07) is 14.1. The fraction of sp³-hybridized carbons (Fsp3) is 0.391. The molecule has 158 valence electrons. The number of hydrogen-bond acceptors (Lipinski definition) is 6. The summed E-state index contributed by atoms with van der Waals surface area (Å²) in [5.74, 6) is 1.67. The number of carbonyl (C=O) groups excluding carboxylic acids is 1. The van der Waals surface area contributed by atoms with Crippen LogP contribution >= 0.6 is 34.7 Å². The number of aromatic nitrogens is 1. The van der Waals surface area contributed by atoms with Gasteiger partial charge in [-0.3, -0.25) is 4.79 Å². The van der Waals surface area contributed by atoms with Crippen LogP contribution in [0.25, 0.3) is 10.2 Å². The number of benzene rings is 2. The van der Waals surface area contributed by atoms with Crippen LogP contribution < -0.4 is 4.90 Å². The number of thiazole rings is 1. The van der Waals surface area contributed by atoms with E-state index in [4.69, 9.17) is 21.3 Å². The predicted molar refractivity (Wildman–Crippen MR) is 127 cm³/mol. The molecule has 0 unspecified atom stereocenters. The molecule has 0 amide bonds. The van der Waals surface area contributed by atoms with E-state index in [1.807, 2.05) is 42.1 Å². The van der Waals surface area contributed by atoms with E-state index in [1.54, 1.807) is 11.3 Å². The van der Waals surface area contributed by atoms with Crippen molar-refractivity contribution in [3.8, 4) is 0 Å². The standard InChI is InChI=1S/C23H25ClN2O2S2/c1-28-22(27)14-17-3-2-4-19(13-17)29-12-9-16-7-10-26(11-8-16)23-25-20-6-5-18(24)15-21(20)30-23/h2-6,13,15-16H,7-12,14H2,1H3. The summed E-state index contributed by atoms with van der Waals surface area (Å²) in [7, 11) is 1.43. The number of methoxy groups -OCH3 is 1. The smallest absolute Gasteiger partial charge is 0.309 e. The summed E-state index contributed by atoms with van der Waals surface area (Å²) < 4.78 is 5.92. The molecular weight excluding hydrogens is 436 g/mol. The van der Waals surface area contributed by atoms with E-state index in [0.29, 0.717) is 6.42 Å². The molecule has 0 N–H and O–H groups in total. The molecule has 3 aromatic rings. The summed E-state index contributed by atoms with van der Waals surface area (Å²) in [4.78, 5) is 19.9. The summed E-state index contributed by atoms with van der Waals surface area (Å²) in [6.07, 6.45) is 3.97. The van der Waals surface area contributed by atoms with Crippen molar-refractivity contribution in [3.63, 3.8) is 0 Å². The Hall–Kier alpha value is -1.76. The quantitative estimate of drug-likeness (QED) is 0.316. The molecular formula is C23H25ClN2O2S2. The minimum absolute atomic E-state index is 0.194. The summed E-state index contributed by atoms with van der Waals surface area (Å²) >= 11 is 9.72. The summed E-state index contributed by atoms with van der Waals surface area (Å²) in [5, 5.41) is 1.88. The van der Waals surface area contributed by atoms with Crippen LogP contribution in [-0.2, 0) is 16.0 Å². The van der Waals surface area contributed by atoms with Gasteiger partial charge in [-0.25, -0.2) is 4.98 Å². The molecule has 4 nitrogen and oxygen atoms in total. The van der Waals surface area contributed by atoms with Gasteiger partial charge in [-0.05, 0) is 66.8 Å². The molecule has 0 spiro atoms. The highest BCUT2D eigenvalue weighted by Crippen LogP contribution is 2.34. The fourth-order valence-corrected chi connectivity index (χ4v) is 6.15. The van der Waals surface area contributed by atoms with Crippen molar-refractivity contribution in [1.82, 2.24) is 4.98 Å². The highest BCUT2D eigenvalue weighted by Gasteiger charge is 2.21. The first-order valence-corrected chi connectivity index (χ1v) is 12.4. The van der Waals surface area contributed by atoms with Gasteiger partial charge in [0.25, 0.3) is 0 Å². The molecule has 0 atom stereocenters.